The highest BCUT2D eigenvalue weighted by atomic mass is 79.9. The van der Waals surface area contributed by atoms with Crippen molar-refractivity contribution in [1.82, 2.24) is 4.98 Å². The summed E-state index contributed by atoms with van der Waals surface area (Å²) in [5.41, 5.74) is 1.93. The van der Waals surface area contributed by atoms with Crippen molar-refractivity contribution < 1.29 is 0 Å². The maximum absolute atomic E-state index is 5.94. The number of hydrogen-bond donors (Lipinski definition) is 1. The van der Waals surface area contributed by atoms with Gasteiger partial charge in [0.1, 0.15) is 0 Å². The number of anilines is 1. The molecule has 2 aromatic rings. The molecule has 1 N–H and O–H groups in total. The largest absolute Gasteiger partial charge is 0.378 e. The molecule has 0 spiro atoms. The highest BCUT2D eigenvalue weighted by Gasteiger charge is 2.01. The van der Waals surface area contributed by atoms with Gasteiger partial charge in [-0.25, -0.2) is 4.98 Å². The molecule has 0 radical (unpaired) electrons. The Morgan fingerprint density at radius 1 is 1.24 bits per heavy atom. The Bertz CT molecular complexity index is 532. The molecule has 0 aliphatic rings. The lowest BCUT2D eigenvalue weighted by Gasteiger charge is -2.08. The van der Waals surface area contributed by atoms with E-state index in [9.17, 15) is 0 Å². The number of halogens is 3. The summed E-state index contributed by atoms with van der Waals surface area (Å²) in [6.45, 7) is 0.668. The van der Waals surface area contributed by atoms with Gasteiger partial charge in [-0.3, -0.25) is 0 Å². The quantitative estimate of drug-likeness (QED) is 0.820. The van der Waals surface area contributed by atoms with E-state index in [1.54, 1.807) is 6.20 Å². The van der Waals surface area contributed by atoms with Crippen LogP contribution in [0, 0.1) is 0 Å². The Morgan fingerprint density at radius 2 is 2.06 bits per heavy atom. The first kappa shape index (κ1) is 12.7. The third kappa shape index (κ3) is 3.35. The summed E-state index contributed by atoms with van der Waals surface area (Å²) in [6.07, 6.45) is 1.66. The highest BCUT2D eigenvalue weighted by molar-refractivity contribution is 9.10. The van der Waals surface area contributed by atoms with Crippen molar-refractivity contribution in [2.75, 3.05) is 5.32 Å². The number of benzene rings is 1. The topological polar surface area (TPSA) is 24.9 Å². The Hall–Kier alpha value is -0.770. The van der Waals surface area contributed by atoms with Crippen molar-refractivity contribution in [2.45, 2.75) is 6.54 Å². The van der Waals surface area contributed by atoms with Crippen LogP contribution in [0.2, 0.25) is 10.2 Å². The zero-order chi connectivity index (χ0) is 12.3. The molecule has 1 aromatic heterocycles. The standard InChI is InChI=1S/C12H9BrCl2N2/c13-9-6-8(3-4-10(9)14)7-17-11-2-1-5-16-12(11)15/h1-6,17H,7H2. The maximum atomic E-state index is 5.94. The van der Waals surface area contributed by atoms with Crippen LogP contribution in [0.25, 0.3) is 0 Å². The summed E-state index contributed by atoms with van der Waals surface area (Å²) < 4.78 is 0.885. The van der Waals surface area contributed by atoms with Gasteiger partial charge in [0.2, 0.25) is 0 Å². The van der Waals surface area contributed by atoms with Crippen LogP contribution < -0.4 is 5.32 Å². The first-order valence-corrected chi connectivity index (χ1v) is 6.50. The molecule has 0 amide bonds. The highest BCUT2D eigenvalue weighted by Crippen LogP contribution is 2.24. The first-order chi connectivity index (χ1) is 8.16. The third-order valence-corrected chi connectivity index (χ3v) is 3.74. The van der Waals surface area contributed by atoms with Crippen molar-refractivity contribution in [3.8, 4) is 0 Å². The summed E-state index contributed by atoms with van der Waals surface area (Å²) in [5, 5.41) is 4.39. The van der Waals surface area contributed by atoms with Crippen LogP contribution in [-0.2, 0) is 6.54 Å². The number of hydrogen-bond acceptors (Lipinski definition) is 2. The molecule has 88 valence electrons. The predicted molar refractivity (Wildman–Crippen MR) is 75.7 cm³/mol. The van der Waals surface area contributed by atoms with E-state index in [1.807, 2.05) is 30.3 Å². The average molecular weight is 332 g/mol. The Balaban J connectivity index is 2.08. The second-order valence-electron chi connectivity index (χ2n) is 3.44. The van der Waals surface area contributed by atoms with Gasteiger partial charge < -0.3 is 5.32 Å². The molecule has 0 saturated carbocycles. The molecule has 2 nitrogen and oxygen atoms in total. The van der Waals surface area contributed by atoms with Gasteiger partial charge in [0.25, 0.3) is 0 Å². The van der Waals surface area contributed by atoms with Gasteiger partial charge in [-0.1, -0.05) is 29.3 Å². The minimum atomic E-state index is 0.473. The molecule has 17 heavy (non-hydrogen) atoms. The van der Waals surface area contributed by atoms with Crippen LogP contribution in [0.4, 0.5) is 5.69 Å². The minimum absolute atomic E-state index is 0.473. The summed E-state index contributed by atoms with van der Waals surface area (Å²) >= 11 is 15.3. The van der Waals surface area contributed by atoms with E-state index in [1.165, 1.54) is 0 Å². The summed E-state index contributed by atoms with van der Waals surface area (Å²) in [4.78, 5) is 4.00. The molecule has 1 aromatic carbocycles. The molecule has 5 heteroatoms. The zero-order valence-corrected chi connectivity index (χ0v) is 11.9. The van der Waals surface area contributed by atoms with Crippen molar-refractivity contribution in [1.29, 1.82) is 0 Å². The normalized spacial score (nSPS) is 10.3. The van der Waals surface area contributed by atoms with Gasteiger partial charge in [-0.2, -0.15) is 0 Å². The van der Waals surface area contributed by atoms with Gasteiger partial charge >= 0.3 is 0 Å². The number of pyridine rings is 1. The zero-order valence-electron chi connectivity index (χ0n) is 8.75. The fourth-order valence-electron chi connectivity index (χ4n) is 1.36. The van der Waals surface area contributed by atoms with Gasteiger partial charge in [-0.15, -0.1) is 0 Å². The lowest BCUT2D eigenvalue weighted by Crippen LogP contribution is -2.00. The van der Waals surface area contributed by atoms with Crippen LogP contribution >= 0.6 is 39.1 Å². The molecule has 2 rings (SSSR count). The van der Waals surface area contributed by atoms with Gasteiger partial charge in [0.05, 0.1) is 10.7 Å². The molecule has 0 saturated heterocycles. The monoisotopic (exact) mass is 330 g/mol. The number of rotatable bonds is 3. The molecule has 0 bridgehead atoms. The Labute approximate surface area is 118 Å². The van der Waals surface area contributed by atoms with Crippen LogP contribution in [0.5, 0.6) is 0 Å². The lowest BCUT2D eigenvalue weighted by molar-refractivity contribution is 1.13. The van der Waals surface area contributed by atoms with E-state index in [0.29, 0.717) is 16.7 Å². The summed E-state index contributed by atoms with van der Waals surface area (Å²) in [6, 6.07) is 9.52. The number of aromatic nitrogens is 1. The molecule has 0 aliphatic carbocycles. The molecule has 0 fully saturated rings. The van der Waals surface area contributed by atoms with Crippen LogP contribution in [0.3, 0.4) is 0 Å². The fourth-order valence-corrected chi connectivity index (χ4v) is 2.09. The third-order valence-electron chi connectivity index (χ3n) is 2.23. The number of nitrogens with one attached hydrogen (secondary N) is 1. The minimum Gasteiger partial charge on any atom is -0.378 e. The molecular weight excluding hydrogens is 323 g/mol. The fraction of sp³-hybridized carbons (Fsp3) is 0.0833. The molecular formula is C12H9BrCl2N2. The van der Waals surface area contributed by atoms with Crippen molar-refractivity contribution in [3.05, 3.63) is 56.7 Å². The van der Waals surface area contributed by atoms with Crippen molar-refractivity contribution in [2.24, 2.45) is 0 Å². The lowest BCUT2D eigenvalue weighted by atomic mass is 10.2. The van der Waals surface area contributed by atoms with E-state index < -0.39 is 0 Å². The SMILES string of the molecule is Clc1ccc(CNc2cccnc2Cl)cc1Br. The summed E-state index contributed by atoms with van der Waals surface area (Å²) in [7, 11) is 0. The second kappa shape index (κ2) is 5.71. The van der Waals surface area contributed by atoms with E-state index in [-0.39, 0.29) is 0 Å². The number of nitrogens with zero attached hydrogens (tertiary/aromatic N) is 1. The second-order valence-corrected chi connectivity index (χ2v) is 5.06. The van der Waals surface area contributed by atoms with E-state index >= 15 is 0 Å². The van der Waals surface area contributed by atoms with Crippen LogP contribution in [0.15, 0.2) is 41.0 Å². The average Bonchev–Trinajstić information content (AvgIpc) is 2.32. The van der Waals surface area contributed by atoms with E-state index in [0.717, 1.165) is 15.7 Å². The smallest absolute Gasteiger partial charge is 0.152 e. The predicted octanol–water partition coefficient (Wildman–Crippen LogP) is 4.76. The van der Waals surface area contributed by atoms with Gasteiger partial charge in [0, 0.05) is 17.2 Å². The van der Waals surface area contributed by atoms with Crippen molar-refractivity contribution >= 4 is 44.8 Å². The molecule has 0 unspecified atom stereocenters. The van der Waals surface area contributed by atoms with Crippen molar-refractivity contribution in [3.63, 3.8) is 0 Å². The molecule has 0 atom stereocenters. The maximum Gasteiger partial charge on any atom is 0.152 e. The van der Waals surface area contributed by atoms with Crippen LogP contribution in [-0.4, -0.2) is 4.98 Å². The summed E-state index contributed by atoms with van der Waals surface area (Å²) in [5.74, 6) is 0. The van der Waals surface area contributed by atoms with E-state index in [2.05, 4.69) is 26.2 Å². The van der Waals surface area contributed by atoms with Crippen LogP contribution in [0.1, 0.15) is 5.56 Å². The Kier molecular flexibility index (Phi) is 4.26. The molecule has 1 heterocycles. The Morgan fingerprint density at radius 3 is 2.76 bits per heavy atom. The molecule has 0 aliphatic heterocycles. The van der Waals surface area contributed by atoms with Gasteiger partial charge in [0.15, 0.2) is 5.15 Å². The first-order valence-electron chi connectivity index (χ1n) is 4.95. The van der Waals surface area contributed by atoms with Gasteiger partial charge in [-0.05, 0) is 45.8 Å². The van der Waals surface area contributed by atoms with E-state index in [4.69, 9.17) is 23.2 Å².